The first-order chi connectivity index (χ1) is 8.08. The predicted molar refractivity (Wildman–Crippen MR) is 61.1 cm³/mol. The molecule has 6 nitrogen and oxygen atoms in total. The Hall–Kier alpha value is -2.11. The molecule has 2 aromatic heterocycles. The van der Waals surface area contributed by atoms with Gasteiger partial charge in [0.2, 0.25) is 5.65 Å². The molecular formula is C11H13N3O3. The van der Waals surface area contributed by atoms with Crippen molar-refractivity contribution in [2.75, 3.05) is 0 Å². The van der Waals surface area contributed by atoms with Crippen LogP contribution < -0.4 is 5.56 Å². The van der Waals surface area contributed by atoms with Crippen molar-refractivity contribution in [2.45, 2.75) is 26.2 Å². The molecule has 2 rings (SSSR count). The van der Waals surface area contributed by atoms with E-state index < -0.39 is 5.97 Å². The fourth-order valence-corrected chi connectivity index (χ4v) is 1.72. The Morgan fingerprint density at radius 3 is 3.06 bits per heavy atom. The molecule has 6 heteroatoms. The van der Waals surface area contributed by atoms with E-state index >= 15 is 0 Å². The van der Waals surface area contributed by atoms with Crippen molar-refractivity contribution in [3.8, 4) is 0 Å². The number of aliphatic carboxylic acids is 1. The van der Waals surface area contributed by atoms with Crippen LogP contribution in [0.4, 0.5) is 0 Å². The van der Waals surface area contributed by atoms with Gasteiger partial charge in [0.25, 0.3) is 5.56 Å². The van der Waals surface area contributed by atoms with Crippen molar-refractivity contribution < 1.29 is 9.90 Å². The van der Waals surface area contributed by atoms with E-state index in [4.69, 9.17) is 5.11 Å². The van der Waals surface area contributed by atoms with Gasteiger partial charge in [0.1, 0.15) is 0 Å². The highest BCUT2D eigenvalue weighted by Crippen LogP contribution is 2.05. The van der Waals surface area contributed by atoms with Crippen molar-refractivity contribution in [3.63, 3.8) is 0 Å². The molecule has 90 valence electrons. The molecule has 0 fully saturated rings. The van der Waals surface area contributed by atoms with Crippen LogP contribution in [0, 0.1) is 6.92 Å². The summed E-state index contributed by atoms with van der Waals surface area (Å²) in [6, 6.07) is 0. The van der Waals surface area contributed by atoms with Gasteiger partial charge in [-0.25, -0.2) is 4.98 Å². The monoisotopic (exact) mass is 235 g/mol. The lowest BCUT2D eigenvalue weighted by Gasteiger charge is -2.02. The Labute approximate surface area is 96.9 Å². The summed E-state index contributed by atoms with van der Waals surface area (Å²) < 4.78 is 1.72. The summed E-state index contributed by atoms with van der Waals surface area (Å²) in [5, 5.41) is 8.54. The number of hydrogen-bond donors (Lipinski definition) is 2. The van der Waals surface area contributed by atoms with E-state index in [2.05, 4.69) is 9.97 Å². The molecule has 2 N–H and O–H groups in total. The van der Waals surface area contributed by atoms with Crippen LogP contribution in [0.2, 0.25) is 0 Å². The first kappa shape index (κ1) is 11.4. The number of aryl methyl sites for hydroxylation is 2. The minimum absolute atomic E-state index is 0.100. The molecule has 17 heavy (non-hydrogen) atoms. The average molecular weight is 235 g/mol. The van der Waals surface area contributed by atoms with E-state index in [9.17, 15) is 9.59 Å². The Morgan fingerprint density at radius 2 is 2.35 bits per heavy atom. The lowest BCUT2D eigenvalue weighted by atomic mass is 10.2. The fourth-order valence-electron chi connectivity index (χ4n) is 1.72. The number of aromatic nitrogens is 3. The molecule has 2 aromatic rings. The number of H-pyrrole nitrogens is 1. The first-order valence-electron chi connectivity index (χ1n) is 5.35. The molecule has 0 saturated carbocycles. The third kappa shape index (κ3) is 2.35. The van der Waals surface area contributed by atoms with E-state index in [1.165, 1.54) is 0 Å². The molecule has 0 spiro atoms. The van der Waals surface area contributed by atoms with Gasteiger partial charge in [-0.3, -0.25) is 14.0 Å². The summed E-state index contributed by atoms with van der Waals surface area (Å²) in [5.74, 6) is -0.827. The number of nitrogens with one attached hydrogen (secondary N) is 1. The third-order valence-corrected chi connectivity index (χ3v) is 2.58. The van der Waals surface area contributed by atoms with Crippen LogP contribution in [0.1, 0.15) is 24.2 Å². The molecule has 0 unspecified atom stereocenters. The number of carboxylic acid groups (broad SMARTS) is 1. The quantitative estimate of drug-likeness (QED) is 0.818. The molecule has 2 heterocycles. The van der Waals surface area contributed by atoms with Gasteiger partial charge < -0.3 is 10.1 Å². The van der Waals surface area contributed by atoms with Crippen molar-refractivity contribution in [2.24, 2.45) is 0 Å². The van der Waals surface area contributed by atoms with Gasteiger partial charge >= 0.3 is 5.97 Å². The van der Waals surface area contributed by atoms with E-state index in [1.54, 1.807) is 16.8 Å². The molecule has 0 atom stereocenters. The molecule has 0 bridgehead atoms. The molecule has 0 aliphatic carbocycles. The van der Waals surface area contributed by atoms with Gasteiger partial charge in [0.15, 0.2) is 0 Å². The third-order valence-electron chi connectivity index (χ3n) is 2.58. The van der Waals surface area contributed by atoms with Crippen LogP contribution in [-0.2, 0) is 11.2 Å². The van der Waals surface area contributed by atoms with Crippen molar-refractivity contribution in [3.05, 3.63) is 34.1 Å². The first-order valence-corrected chi connectivity index (χ1v) is 5.35. The highest BCUT2D eigenvalue weighted by Gasteiger charge is 2.06. The van der Waals surface area contributed by atoms with Gasteiger partial charge in [-0.2, -0.15) is 0 Å². The summed E-state index contributed by atoms with van der Waals surface area (Å²) >= 11 is 0. The maximum atomic E-state index is 11.7. The number of hydrogen-bond acceptors (Lipinski definition) is 3. The number of nitrogens with zero attached hydrogens (tertiary/aromatic N) is 2. The topological polar surface area (TPSA) is 87.5 Å². The zero-order valence-corrected chi connectivity index (χ0v) is 9.43. The largest absolute Gasteiger partial charge is 0.481 e. The molecule has 0 amide bonds. The van der Waals surface area contributed by atoms with Crippen molar-refractivity contribution in [1.29, 1.82) is 0 Å². The predicted octanol–water partition coefficient (Wildman–Crippen LogP) is 0.738. The van der Waals surface area contributed by atoms with Gasteiger partial charge in [-0.1, -0.05) is 0 Å². The number of imidazole rings is 1. The van der Waals surface area contributed by atoms with E-state index in [0.717, 1.165) is 11.4 Å². The van der Waals surface area contributed by atoms with Gasteiger partial charge in [0, 0.05) is 30.2 Å². The smallest absolute Gasteiger partial charge is 0.303 e. The summed E-state index contributed by atoms with van der Waals surface area (Å²) in [6.45, 7) is 1.86. The van der Waals surface area contributed by atoms with Crippen LogP contribution in [0.25, 0.3) is 5.65 Å². The number of carboxylic acids is 1. The molecule has 0 aliphatic heterocycles. The maximum Gasteiger partial charge on any atom is 0.303 e. The second-order valence-corrected chi connectivity index (χ2v) is 3.95. The zero-order chi connectivity index (χ0) is 12.4. The zero-order valence-electron chi connectivity index (χ0n) is 9.43. The van der Waals surface area contributed by atoms with E-state index in [0.29, 0.717) is 18.5 Å². The molecule has 0 aliphatic rings. The second kappa shape index (κ2) is 4.40. The minimum Gasteiger partial charge on any atom is -0.481 e. The van der Waals surface area contributed by atoms with E-state index in [-0.39, 0.29) is 12.0 Å². The number of rotatable bonds is 4. The standard InChI is InChI=1S/C11H13N3O3/c1-7-5-12-10-11(17)13-8(6-14(7)10)3-2-4-9(15)16/h5-6H,2-4H2,1H3,(H,13,17)(H,15,16). The Kier molecular flexibility index (Phi) is 2.95. The number of aromatic amines is 1. The Balaban J connectivity index is 2.26. The molecule has 0 saturated heterocycles. The number of fused-ring (bicyclic) bond motifs is 1. The summed E-state index contributed by atoms with van der Waals surface area (Å²) in [5.41, 5.74) is 1.73. The van der Waals surface area contributed by atoms with Gasteiger partial charge in [0.05, 0.1) is 0 Å². The van der Waals surface area contributed by atoms with Crippen molar-refractivity contribution in [1.82, 2.24) is 14.4 Å². The Morgan fingerprint density at radius 1 is 1.59 bits per heavy atom. The number of carbonyl (C=O) groups is 1. The molecular weight excluding hydrogens is 222 g/mol. The summed E-state index contributed by atoms with van der Waals surface area (Å²) in [7, 11) is 0. The van der Waals surface area contributed by atoms with Gasteiger partial charge in [-0.05, 0) is 19.8 Å². The summed E-state index contributed by atoms with van der Waals surface area (Å²) in [6.07, 6.45) is 4.56. The SMILES string of the molecule is Cc1cnc2c(=O)[nH]c(CCCC(=O)O)cn12. The average Bonchev–Trinajstić information content (AvgIpc) is 2.61. The lowest BCUT2D eigenvalue weighted by Crippen LogP contribution is -2.13. The lowest BCUT2D eigenvalue weighted by molar-refractivity contribution is -0.137. The minimum atomic E-state index is -0.827. The highest BCUT2D eigenvalue weighted by molar-refractivity contribution is 5.66. The van der Waals surface area contributed by atoms with Gasteiger partial charge in [-0.15, -0.1) is 0 Å². The van der Waals surface area contributed by atoms with Crippen molar-refractivity contribution >= 4 is 11.6 Å². The van der Waals surface area contributed by atoms with Crippen LogP contribution in [0.5, 0.6) is 0 Å². The van der Waals surface area contributed by atoms with Crippen LogP contribution >= 0.6 is 0 Å². The van der Waals surface area contributed by atoms with Crippen LogP contribution in [-0.4, -0.2) is 25.4 Å². The summed E-state index contributed by atoms with van der Waals surface area (Å²) in [4.78, 5) is 28.7. The second-order valence-electron chi connectivity index (χ2n) is 3.95. The normalized spacial score (nSPS) is 10.9. The van der Waals surface area contributed by atoms with Crippen LogP contribution in [0.15, 0.2) is 17.2 Å². The highest BCUT2D eigenvalue weighted by atomic mass is 16.4. The molecule has 0 radical (unpaired) electrons. The van der Waals surface area contributed by atoms with E-state index in [1.807, 2.05) is 6.92 Å². The van der Waals surface area contributed by atoms with Crippen LogP contribution in [0.3, 0.4) is 0 Å². The molecule has 0 aromatic carbocycles. The maximum absolute atomic E-state index is 11.7. The fraction of sp³-hybridized carbons (Fsp3) is 0.364. The Bertz CT molecular complexity index is 612.